The highest BCUT2D eigenvalue weighted by molar-refractivity contribution is 5.51. The van der Waals surface area contributed by atoms with Crippen LogP contribution in [0.1, 0.15) is 77.8 Å². The van der Waals surface area contributed by atoms with Gasteiger partial charge in [0, 0.05) is 44.7 Å². The molecule has 6 heteroatoms. The minimum Gasteiger partial charge on any atom is -0.495 e. The number of carbonyl (C=O) groups is 1. The molecular weight excluding hydrogens is 539 g/mol. The van der Waals surface area contributed by atoms with Gasteiger partial charge in [0.2, 0.25) is 0 Å². The van der Waals surface area contributed by atoms with E-state index in [1.807, 2.05) is 31.2 Å². The van der Waals surface area contributed by atoms with Gasteiger partial charge in [-0.1, -0.05) is 36.9 Å². The molecule has 0 saturated carbocycles. The molecule has 1 aliphatic heterocycles. The van der Waals surface area contributed by atoms with Crippen molar-refractivity contribution in [3.8, 4) is 0 Å². The molecule has 1 aliphatic carbocycles. The molecule has 0 unspecified atom stereocenters. The maximum absolute atomic E-state index is 13.7. The quantitative estimate of drug-likeness (QED) is 0.0905. The lowest BCUT2D eigenvalue weighted by Gasteiger charge is -2.33. The number of piperidine rings is 1. The number of hydrogen-bond donors (Lipinski definition) is 1. The SMILES string of the molecule is C=C/C(C)=C(OC1CCN(CC2=CC=C(CNc3ccc(CCCC=O)c(CF)c3)C=C(OC(C)C)C2)CC1)\C(C)=C/C. The number of nitrogens with one attached hydrogen (secondary N) is 1. The molecule has 0 amide bonds. The first-order valence-electron chi connectivity index (χ1n) is 15.7. The van der Waals surface area contributed by atoms with Crippen LogP contribution in [0.3, 0.4) is 0 Å². The Hall–Kier alpha value is -3.38. The Morgan fingerprint density at radius 1 is 1.19 bits per heavy atom. The molecule has 1 N–H and O–H groups in total. The first-order valence-corrected chi connectivity index (χ1v) is 15.7. The predicted octanol–water partition coefficient (Wildman–Crippen LogP) is 8.56. The van der Waals surface area contributed by atoms with Crippen LogP contribution in [0.15, 0.2) is 89.0 Å². The van der Waals surface area contributed by atoms with E-state index in [0.29, 0.717) is 24.9 Å². The van der Waals surface area contributed by atoms with E-state index in [-0.39, 0.29) is 12.2 Å². The van der Waals surface area contributed by atoms with Crippen molar-refractivity contribution in [1.82, 2.24) is 4.90 Å². The molecule has 0 radical (unpaired) electrons. The normalized spacial score (nSPS) is 17.4. The lowest BCUT2D eigenvalue weighted by atomic mass is 10.0. The monoisotopic (exact) mass is 590 g/mol. The average molecular weight is 591 g/mol. The zero-order valence-electron chi connectivity index (χ0n) is 26.9. The summed E-state index contributed by atoms with van der Waals surface area (Å²) < 4.78 is 26.4. The predicted molar refractivity (Wildman–Crippen MR) is 177 cm³/mol. The highest BCUT2D eigenvalue weighted by Crippen LogP contribution is 2.27. The summed E-state index contributed by atoms with van der Waals surface area (Å²) in [5.74, 6) is 1.93. The molecule has 3 rings (SSSR count). The van der Waals surface area contributed by atoms with Crippen LogP contribution in [-0.2, 0) is 27.4 Å². The van der Waals surface area contributed by atoms with Crippen molar-refractivity contribution in [3.63, 3.8) is 0 Å². The standard InChI is InChI=1S/C37H51FN2O3/c1-7-28(5)37(29(6)8-2)43-35-16-18-40(19-17-35)26-31-13-12-30(21-36(22-31)42-27(3)4)25-39-34-15-14-32(11-9-10-20-41)33(23-34)24-38/h7-8,12-15,20-21,23,27,35,39H,1,9-11,16-19,22,24-26H2,2-6H3/b29-8-,37-28+. The third kappa shape index (κ3) is 11.0. The number of nitrogens with zero attached hydrogens (tertiary/aromatic N) is 1. The summed E-state index contributed by atoms with van der Waals surface area (Å²) in [4.78, 5) is 13.2. The molecule has 234 valence electrons. The smallest absolute Gasteiger partial charge is 0.125 e. The van der Waals surface area contributed by atoms with Crippen LogP contribution >= 0.6 is 0 Å². The number of unbranched alkanes of at least 4 members (excludes halogenated alkanes) is 1. The van der Waals surface area contributed by atoms with Gasteiger partial charge >= 0.3 is 0 Å². The first kappa shape index (κ1) is 34.1. The Bertz CT molecular complexity index is 1250. The summed E-state index contributed by atoms with van der Waals surface area (Å²) in [6, 6.07) is 5.85. The maximum Gasteiger partial charge on any atom is 0.125 e. The molecule has 0 aromatic heterocycles. The minimum absolute atomic E-state index is 0.0912. The summed E-state index contributed by atoms with van der Waals surface area (Å²) in [6.45, 7) is 17.2. The lowest BCUT2D eigenvalue weighted by Crippen LogP contribution is -2.38. The molecular formula is C37H51FN2O3. The van der Waals surface area contributed by atoms with Gasteiger partial charge in [-0.05, 0) is 112 Å². The summed E-state index contributed by atoms with van der Waals surface area (Å²) in [6.07, 6.45) is 16.4. The largest absolute Gasteiger partial charge is 0.495 e. The Kier molecular flexibility index (Phi) is 14.0. The van der Waals surface area contributed by atoms with E-state index < -0.39 is 6.67 Å². The fourth-order valence-corrected chi connectivity index (χ4v) is 5.45. The number of carbonyl (C=O) groups excluding carboxylic acids is 1. The summed E-state index contributed by atoms with van der Waals surface area (Å²) >= 11 is 0. The van der Waals surface area contributed by atoms with Crippen molar-refractivity contribution in [3.05, 3.63) is 100 Å². The van der Waals surface area contributed by atoms with E-state index in [1.165, 1.54) is 5.57 Å². The lowest BCUT2D eigenvalue weighted by molar-refractivity contribution is -0.107. The Balaban J connectivity index is 1.63. The molecule has 2 aliphatic rings. The van der Waals surface area contributed by atoms with Crippen molar-refractivity contribution in [2.45, 2.75) is 92.0 Å². The van der Waals surface area contributed by atoms with Crippen LogP contribution in [0.2, 0.25) is 0 Å². The number of allylic oxidation sites excluding steroid dienone is 7. The third-order valence-electron chi connectivity index (χ3n) is 7.98. The zero-order chi connectivity index (χ0) is 31.2. The summed E-state index contributed by atoms with van der Waals surface area (Å²) in [5.41, 5.74) is 7.21. The zero-order valence-corrected chi connectivity index (χ0v) is 26.9. The summed E-state index contributed by atoms with van der Waals surface area (Å²) in [5, 5.41) is 3.47. The first-order chi connectivity index (χ1) is 20.8. The molecule has 1 fully saturated rings. The molecule has 1 aromatic carbocycles. The van der Waals surface area contributed by atoms with Gasteiger partial charge in [-0.2, -0.15) is 0 Å². The second-order valence-electron chi connectivity index (χ2n) is 11.8. The van der Waals surface area contributed by atoms with Gasteiger partial charge in [-0.3, -0.25) is 4.90 Å². The van der Waals surface area contributed by atoms with E-state index in [1.54, 1.807) is 0 Å². The third-order valence-corrected chi connectivity index (χ3v) is 7.98. The van der Waals surface area contributed by atoms with E-state index in [0.717, 1.165) is 91.1 Å². The van der Waals surface area contributed by atoms with Crippen molar-refractivity contribution < 1.29 is 18.7 Å². The average Bonchev–Trinajstić information content (AvgIpc) is 3.20. The van der Waals surface area contributed by atoms with Crippen LogP contribution < -0.4 is 5.32 Å². The van der Waals surface area contributed by atoms with Crippen molar-refractivity contribution in [1.29, 1.82) is 0 Å². The number of likely N-dealkylation sites (tertiary alicyclic amines) is 1. The van der Waals surface area contributed by atoms with Crippen molar-refractivity contribution in [2.75, 3.05) is 31.5 Å². The number of anilines is 1. The van der Waals surface area contributed by atoms with Gasteiger partial charge < -0.3 is 19.6 Å². The van der Waals surface area contributed by atoms with E-state index >= 15 is 0 Å². The summed E-state index contributed by atoms with van der Waals surface area (Å²) in [7, 11) is 0. The van der Waals surface area contributed by atoms with E-state index in [9.17, 15) is 9.18 Å². The fourth-order valence-electron chi connectivity index (χ4n) is 5.45. The van der Waals surface area contributed by atoms with Crippen molar-refractivity contribution >= 4 is 12.0 Å². The van der Waals surface area contributed by atoms with E-state index in [2.05, 4.69) is 68.8 Å². The van der Waals surface area contributed by atoms with Crippen molar-refractivity contribution in [2.24, 2.45) is 0 Å². The van der Waals surface area contributed by atoms with Gasteiger partial charge in [0.1, 0.15) is 30.6 Å². The van der Waals surface area contributed by atoms with Gasteiger partial charge in [-0.25, -0.2) is 4.39 Å². The fraction of sp³-hybridized carbons (Fsp3) is 0.486. The molecule has 0 atom stereocenters. The number of aryl methyl sites for hydroxylation is 1. The number of ether oxygens (including phenoxy) is 2. The number of hydrogen-bond acceptors (Lipinski definition) is 5. The maximum atomic E-state index is 13.7. The molecule has 1 heterocycles. The second kappa shape index (κ2) is 17.7. The molecule has 1 saturated heterocycles. The van der Waals surface area contributed by atoms with Crippen LogP contribution in [0.5, 0.6) is 0 Å². The topological polar surface area (TPSA) is 50.8 Å². The molecule has 0 spiro atoms. The molecule has 5 nitrogen and oxygen atoms in total. The second-order valence-corrected chi connectivity index (χ2v) is 11.8. The highest BCUT2D eigenvalue weighted by atomic mass is 19.1. The number of benzene rings is 1. The minimum atomic E-state index is -0.516. The number of aldehydes is 1. The van der Waals surface area contributed by atoms with Crippen LogP contribution in [0.4, 0.5) is 10.1 Å². The molecule has 1 aromatic rings. The van der Waals surface area contributed by atoms with Gasteiger partial charge in [-0.15, -0.1) is 0 Å². The Morgan fingerprint density at radius 2 is 1.95 bits per heavy atom. The van der Waals surface area contributed by atoms with Crippen LogP contribution in [0, 0.1) is 0 Å². The number of alkyl halides is 1. The van der Waals surface area contributed by atoms with E-state index in [4.69, 9.17) is 9.47 Å². The van der Waals surface area contributed by atoms with Gasteiger partial charge in [0.15, 0.2) is 0 Å². The van der Waals surface area contributed by atoms with Crippen LogP contribution in [-0.4, -0.2) is 49.6 Å². The molecule has 0 bridgehead atoms. The Morgan fingerprint density at radius 3 is 2.60 bits per heavy atom. The number of halogens is 1. The van der Waals surface area contributed by atoms with Crippen LogP contribution in [0.25, 0.3) is 0 Å². The molecule has 43 heavy (non-hydrogen) atoms. The number of rotatable bonds is 16. The van der Waals surface area contributed by atoms with Gasteiger partial charge in [0.25, 0.3) is 0 Å². The van der Waals surface area contributed by atoms with Gasteiger partial charge in [0.05, 0.1) is 6.10 Å². The Labute approximate surface area is 258 Å². The highest BCUT2D eigenvalue weighted by Gasteiger charge is 2.23.